The molecule has 244 valence electrons. The molecule has 0 amide bonds. The van der Waals surface area contributed by atoms with Crippen LogP contribution in [0.3, 0.4) is 0 Å². The SMILES string of the molecule is C=CC(=O)OCC(C)OCC(C)OCC(C)OCC(C)OCC(C)OCC(C)OCC(C)OCC(C)OCC(C)O. The molecule has 1 N–H and O–H groups in total. The highest BCUT2D eigenvalue weighted by Gasteiger charge is 2.15. The summed E-state index contributed by atoms with van der Waals surface area (Å²) in [7, 11) is 0. The largest absolute Gasteiger partial charge is 0.460 e. The van der Waals surface area contributed by atoms with Gasteiger partial charge in [-0.15, -0.1) is 0 Å². The van der Waals surface area contributed by atoms with Crippen molar-refractivity contribution in [3.05, 3.63) is 12.7 Å². The molecule has 9 unspecified atom stereocenters. The monoisotopic (exact) mass is 594 g/mol. The van der Waals surface area contributed by atoms with Crippen molar-refractivity contribution in [1.29, 1.82) is 0 Å². The molecule has 0 saturated heterocycles. The molecule has 0 fully saturated rings. The molecule has 0 aromatic rings. The third-order valence-electron chi connectivity index (χ3n) is 5.56. The molecule has 0 saturated carbocycles. The number of carbonyl (C=O) groups is 1. The summed E-state index contributed by atoms with van der Waals surface area (Å²) in [6, 6.07) is 0. The van der Waals surface area contributed by atoms with Crippen LogP contribution in [0.25, 0.3) is 0 Å². The predicted molar refractivity (Wildman–Crippen MR) is 156 cm³/mol. The Morgan fingerprint density at radius 2 is 0.707 bits per heavy atom. The van der Waals surface area contributed by atoms with Crippen molar-refractivity contribution < 1.29 is 52.5 Å². The van der Waals surface area contributed by atoms with Crippen LogP contribution < -0.4 is 0 Å². The molecule has 11 nitrogen and oxygen atoms in total. The fourth-order valence-corrected chi connectivity index (χ4v) is 3.05. The maximum Gasteiger partial charge on any atom is 0.330 e. The first kappa shape index (κ1) is 39.8. The second kappa shape index (κ2) is 24.3. The first-order chi connectivity index (χ1) is 19.3. The van der Waals surface area contributed by atoms with Gasteiger partial charge in [0.2, 0.25) is 0 Å². The van der Waals surface area contributed by atoms with Gasteiger partial charge < -0.3 is 47.7 Å². The van der Waals surface area contributed by atoms with E-state index in [2.05, 4.69) is 6.58 Å². The van der Waals surface area contributed by atoms with Crippen LogP contribution in [-0.2, 0) is 47.4 Å². The summed E-state index contributed by atoms with van der Waals surface area (Å²) >= 11 is 0. The fourth-order valence-electron chi connectivity index (χ4n) is 3.05. The van der Waals surface area contributed by atoms with E-state index >= 15 is 0 Å². The summed E-state index contributed by atoms with van der Waals surface area (Å²) < 4.78 is 51.0. The molecular weight excluding hydrogens is 536 g/mol. The Kier molecular flexibility index (Phi) is 23.6. The van der Waals surface area contributed by atoms with E-state index in [1.165, 1.54) is 0 Å². The zero-order chi connectivity index (χ0) is 31.2. The van der Waals surface area contributed by atoms with Gasteiger partial charge in [-0.1, -0.05) is 6.58 Å². The number of aliphatic hydroxyl groups is 1. The minimum absolute atomic E-state index is 0.0784. The van der Waals surface area contributed by atoms with Crippen molar-refractivity contribution in [2.45, 2.75) is 117 Å². The number of hydrogen-bond acceptors (Lipinski definition) is 11. The van der Waals surface area contributed by atoms with Gasteiger partial charge >= 0.3 is 5.97 Å². The number of esters is 1. The number of ether oxygens (including phenoxy) is 9. The first-order valence-corrected chi connectivity index (χ1v) is 14.7. The molecule has 0 spiro atoms. The molecule has 0 heterocycles. The van der Waals surface area contributed by atoms with Crippen molar-refractivity contribution >= 4 is 5.97 Å². The summed E-state index contributed by atoms with van der Waals surface area (Å²) in [5.41, 5.74) is 0. The molecule has 0 aliphatic carbocycles. The smallest absolute Gasteiger partial charge is 0.330 e. The van der Waals surface area contributed by atoms with Gasteiger partial charge in [0.15, 0.2) is 0 Å². The molecule has 11 heteroatoms. The molecule has 0 bridgehead atoms. The van der Waals surface area contributed by atoms with E-state index in [0.29, 0.717) is 52.9 Å². The van der Waals surface area contributed by atoms with Crippen molar-refractivity contribution in [2.24, 2.45) is 0 Å². The second-order valence-electron chi connectivity index (χ2n) is 10.8. The lowest BCUT2D eigenvalue weighted by atomic mass is 10.3. The van der Waals surface area contributed by atoms with Crippen LogP contribution in [0.15, 0.2) is 12.7 Å². The van der Waals surface area contributed by atoms with Gasteiger partial charge in [0, 0.05) is 6.08 Å². The van der Waals surface area contributed by atoms with Crippen molar-refractivity contribution in [3.63, 3.8) is 0 Å². The lowest BCUT2D eigenvalue weighted by molar-refractivity contribution is -0.143. The van der Waals surface area contributed by atoms with Gasteiger partial charge in [0.25, 0.3) is 0 Å². The van der Waals surface area contributed by atoms with Crippen LogP contribution in [0.4, 0.5) is 0 Å². The molecular formula is C30H58O11. The van der Waals surface area contributed by atoms with Gasteiger partial charge in [0.1, 0.15) is 6.61 Å². The normalized spacial score (nSPS) is 18.5. The molecule has 0 rings (SSSR count). The quantitative estimate of drug-likeness (QED) is 0.111. The van der Waals surface area contributed by atoms with E-state index < -0.39 is 12.1 Å². The molecule has 0 radical (unpaired) electrons. The zero-order valence-corrected chi connectivity index (χ0v) is 26.9. The number of carbonyl (C=O) groups excluding carboxylic acids is 1. The Morgan fingerprint density at radius 1 is 0.488 bits per heavy atom. The summed E-state index contributed by atoms with van der Waals surface area (Å²) in [6.45, 7) is 24.0. The van der Waals surface area contributed by atoms with Crippen LogP contribution >= 0.6 is 0 Å². The maximum atomic E-state index is 11.1. The van der Waals surface area contributed by atoms with Gasteiger partial charge in [-0.3, -0.25) is 0 Å². The molecule has 0 aromatic heterocycles. The fraction of sp³-hybridized carbons (Fsp3) is 0.900. The van der Waals surface area contributed by atoms with Crippen molar-refractivity contribution in [2.75, 3.05) is 59.5 Å². The summed E-state index contributed by atoms with van der Waals surface area (Å²) in [6.07, 6.45) is -0.265. The Morgan fingerprint density at radius 3 is 0.927 bits per heavy atom. The van der Waals surface area contributed by atoms with Crippen LogP contribution in [0.5, 0.6) is 0 Å². The Balaban J connectivity index is 3.89. The van der Waals surface area contributed by atoms with Crippen LogP contribution in [0.2, 0.25) is 0 Å². The second-order valence-corrected chi connectivity index (χ2v) is 10.8. The summed E-state index contributed by atoms with van der Waals surface area (Å²) in [5, 5.41) is 9.27. The lowest BCUT2D eigenvalue weighted by Crippen LogP contribution is -2.30. The third-order valence-corrected chi connectivity index (χ3v) is 5.56. The predicted octanol–water partition coefficient (Wildman–Crippen LogP) is 3.34. The zero-order valence-electron chi connectivity index (χ0n) is 26.9. The summed E-state index contributed by atoms with van der Waals surface area (Å²) in [4.78, 5) is 11.1. The third kappa shape index (κ3) is 25.1. The van der Waals surface area contributed by atoms with E-state index in [1.54, 1.807) is 6.92 Å². The molecule has 9 atom stereocenters. The number of hydrogen-bond donors (Lipinski definition) is 1. The van der Waals surface area contributed by atoms with Gasteiger partial charge in [-0.05, 0) is 62.3 Å². The Bertz CT molecular complexity index is 648. The topological polar surface area (TPSA) is 120 Å². The first-order valence-electron chi connectivity index (χ1n) is 14.7. The van der Waals surface area contributed by atoms with E-state index in [-0.39, 0.29) is 55.4 Å². The molecule has 0 aliphatic rings. The minimum Gasteiger partial charge on any atom is -0.460 e. The highest BCUT2D eigenvalue weighted by atomic mass is 16.6. The molecule has 0 aromatic carbocycles. The average Bonchev–Trinajstić information content (AvgIpc) is 2.94. The van der Waals surface area contributed by atoms with Crippen molar-refractivity contribution in [1.82, 2.24) is 0 Å². The average molecular weight is 595 g/mol. The molecule has 41 heavy (non-hydrogen) atoms. The van der Waals surface area contributed by atoms with E-state index in [0.717, 1.165) is 6.08 Å². The van der Waals surface area contributed by atoms with Gasteiger partial charge in [0.05, 0.1) is 108 Å². The highest BCUT2D eigenvalue weighted by Crippen LogP contribution is 2.05. The highest BCUT2D eigenvalue weighted by molar-refractivity contribution is 5.81. The Hall–Kier alpha value is -1.15. The lowest BCUT2D eigenvalue weighted by Gasteiger charge is -2.23. The molecule has 0 aliphatic heterocycles. The van der Waals surface area contributed by atoms with E-state index in [9.17, 15) is 9.90 Å². The van der Waals surface area contributed by atoms with Gasteiger partial charge in [-0.25, -0.2) is 4.79 Å². The standard InChI is InChI=1S/C30H58O11/c1-11-30(32)41-20-29(10)40-19-28(9)39-18-27(8)38-17-26(7)37-16-25(6)36-15-24(5)35-14-23(4)34-13-22(3)33-12-21(2)31/h11,21-29,31H,1,12-20H2,2-10H3. The van der Waals surface area contributed by atoms with Gasteiger partial charge in [-0.2, -0.15) is 0 Å². The maximum absolute atomic E-state index is 11.1. The number of rotatable bonds is 27. The minimum atomic E-state index is -0.487. The van der Waals surface area contributed by atoms with Crippen LogP contribution in [-0.4, -0.2) is 125 Å². The van der Waals surface area contributed by atoms with Crippen molar-refractivity contribution in [3.8, 4) is 0 Å². The van der Waals surface area contributed by atoms with E-state index in [4.69, 9.17) is 42.6 Å². The summed E-state index contributed by atoms with van der Waals surface area (Å²) in [5.74, 6) is -0.466. The van der Waals surface area contributed by atoms with Crippen LogP contribution in [0, 0.1) is 0 Å². The Labute approximate surface area is 248 Å². The van der Waals surface area contributed by atoms with Crippen LogP contribution in [0.1, 0.15) is 62.3 Å². The number of aliphatic hydroxyl groups excluding tert-OH is 1. The van der Waals surface area contributed by atoms with E-state index in [1.807, 2.05) is 55.4 Å².